The zero-order valence-electron chi connectivity index (χ0n) is 9.40. The molecule has 1 unspecified atom stereocenters. The van der Waals surface area contributed by atoms with Crippen LogP contribution in [0.1, 0.15) is 13.8 Å². The van der Waals surface area contributed by atoms with E-state index in [1.165, 1.54) is 0 Å². The van der Waals surface area contributed by atoms with E-state index in [-0.39, 0.29) is 16.9 Å². The summed E-state index contributed by atoms with van der Waals surface area (Å²) in [6.45, 7) is 3.65. The number of nitrogens with one attached hydrogen (secondary N) is 1. The summed E-state index contributed by atoms with van der Waals surface area (Å²) in [7, 11) is -1.12. The molecule has 3 N–H and O–H groups in total. The summed E-state index contributed by atoms with van der Waals surface area (Å²) in [5.41, 5.74) is 6.83. The third-order valence-electron chi connectivity index (χ3n) is 1.99. The molecule has 0 heterocycles. The van der Waals surface area contributed by atoms with Gasteiger partial charge in [-0.05, 0) is 24.3 Å². The Kier molecular flexibility index (Phi) is 4.49. The van der Waals surface area contributed by atoms with Crippen LogP contribution >= 0.6 is 0 Å². The molecule has 0 saturated carbocycles. The van der Waals surface area contributed by atoms with E-state index in [0.717, 1.165) is 0 Å². The van der Waals surface area contributed by atoms with E-state index in [2.05, 4.69) is 5.32 Å². The maximum atomic E-state index is 11.5. The first-order valence-electron chi connectivity index (χ1n) is 5.01. The van der Waals surface area contributed by atoms with Crippen molar-refractivity contribution in [1.82, 2.24) is 0 Å². The highest BCUT2D eigenvalue weighted by Crippen LogP contribution is 2.10. The average molecular weight is 240 g/mol. The predicted octanol–water partition coefficient (Wildman–Crippen LogP) is 1.36. The number of nitrogen functional groups attached to an aromatic ring is 1. The monoisotopic (exact) mass is 240 g/mol. The predicted molar refractivity (Wildman–Crippen MR) is 67.6 cm³/mol. The first-order chi connectivity index (χ1) is 7.49. The lowest BCUT2D eigenvalue weighted by Crippen LogP contribution is -2.23. The minimum Gasteiger partial charge on any atom is -0.399 e. The van der Waals surface area contributed by atoms with Gasteiger partial charge < -0.3 is 11.1 Å². The maximum Gasteiger partial charge on any atom is 0.237 e. The van der Waals surface area contributed by atoms with Crippen LogP contribution in [0, 0.1) is 0 Å². The normalized spacial score (nSPS) is 12.4. The van der Waals surface area contributed by atoms with E-state index < -0.39 is 10.8 Å². The van der Waals surface area contributed by atoms with E-state index in [4.69, 9.17) is 5.73 Å². The van der Waals surface area contributed by atoms with Crippen LogP contribution in [0.15, 0.2) is 24.3 Å². The van der Waals surface area contributed by atoms with Gasteiger partial charge in [0, 0.05) is 27.4 Å². The molecule has 0 aliphatic carbocycles. The molecule has 0 spiro atoms. The van der Waals surface area contributed by atoms with Gasteiger partial charge in [-0.2, -0.15) is 0 Å². The van der Waals surface area contributed by atoms with Crippen LogP contribution in [0.4, 0.5) is 11.4 Å². The van der Waals surface area contributed by atoms with Crippen molar-refractivity contribution in [3.63, 3.8) is 0 Å². The van der Waals surface area contributed by atoms with Gasteiger partial charge in [-0.3, -0.25) is 9.00 Å². The largest absolute Gasteiger partial charge is 0.399 e. The SMILES string of the molecule is CC(C)S(=O)CC(=O)Nc1ccc(N)cc1. The zero-order valence-corrected chi connectivity index (χ0v) is 10.2. The number of anilines is 2. The second kappa shape index (κ2) is 5.65. The molecule has 1 amide bonds. The van der Waals surface area contributed by atoms with Crippen molar-refractivity contribution in [2.75, 3.05) is 16.8 Å². The van der Waals surface area contributed by atoms with Gasteiger partial charge in [-0.1, -0.05) is 13.8 Å². The summed E-state index contributed by atoms with van der Waals surface area (Å²) in [5.74, 6) is -0.209. The van der Waals surface area contributed by atoms with Gasteiger partial charge in [0.1, 0.15) is 5.75 Å². The molecule has 0 aromatic heterocycles. The van der Waals surface area contributed by atoms with Crippen molar-refractivity contribution in [1.29, 1.82) is 0 Å². The number of hydrogen-bond donors (Lipinski definition) is 2. The van der Waals surface area contributed by atoms with Crippen LogP contribution in [0.3, 0.4) is 0 Å². The Labute approximate surface area is 97.7 Å². The van der Waals surface area contributed by atoms with E-state index >= 15 is 0 Å². The van der Waals surface area contributed by atoms with Crippen LogP contribution in [0.25, 0.3) is 0 Å². The molecule has 1 aromatic rings. The second-order valence-electron chi connectivity index (χ2n) is 3.74. The smallest absolute Gasteiger partial charge is 0.237 e. The van der Waals surface area contributed by atoms with Gasteiger partial charge in [-0.15, -0.1) is 0 Å². The Hall–Kier alpha value is -1.36. The summed E-state index contributed by atoms with van der Waals surface area (Å²) in [5, 5.41) is 2.66. The standard InChI is InChI=1S/C11H16N2O2S/c1-8(2)16(15)7-11(14)13-10-5-3-9(12)4-6-10/h3-6,8H,7,12H2,1-2H3,(H,13,14). The quantitative estimate of drug-likeness (QED) is 0.781. The molecule has 88 valence electrons. The number of benzene rings is 1. The van der Waals surface area contributed by atoms with Gasteiger partial charge >= 0.3 is 0 Å². The third kappa shape index (κ3) is 4.02. The highest BCUT2D eigenvalue weighted by Gasteiger charge is 2.11. The fraction of sp³-hybridized carbons (Fsp3) is 0.364. The van der Waals surface area contributed by atoms with Crippen molar-refractivity contribution in [3.8, 4) is 0 Å². The number of rotatable bonds is 4. The number of carbonyl (C=O) groups excluding carboxylic acids is 1. The van der Waals surface area contributed by atoms with Crippen LogP contribution in [0.5, 0.6) is 0 Å². The lowest BCUT2D eigenvalue weighted by atomic mass is 10.3. The van der Waals surface area contributed by atoms with Gasteiger partial charge in [0.2, 0.25) is 5.91 Å². The van der Waals surface area contributed by atoms with Crippen LogP contribution < -0.4 is 11.1 Å². The summed E-state index contributed by atoms with van der Waals surface area (Å²) in [6.07, 6.45) is 0. The van der Waals surface area contributed by atoms with Gasteiger partial charge in [0.15, 0.2) is 0 Å². The first kappa shape index (κ1) is 12.7. The van der Waals surface area contributed by atoms with E-state index in [9.17, 15) is 9.00 Å². The Morgan fingerprint density at radius 1 is 1.38 bits per heavy atom. The van der Waals surface area contributed by atoms with Crippen molar-refractivity contribution >= 4 is 28.1 Å². The Bertz CT molecular complexity index is 387. The van der Waals surface area contributed by atoms with Crippen molar-refractivity contribution in [2.45, 2.75) is 19.1 Å². The summed E-state index contributed by atoms with van der Waals surface area (Å²) in [4.78, 5) is 11.5. The molecule has 0 radical (unpaired) electrons. The molecular formula is C11H16N2O2S. The van der Waals surface area contributed by atoms with Gasteiger partial charge in [0.05, 0.1) is 0 Å². The molecule has 0 fully saturated rings. The number of carbonyl (C=O) groups is 1. The van der Waals surface area contributed by atoms with E-state index in [1.807, 2.05) is 13.8 Å². The number of nitrogens with two attached hydrogens (primary N) is 1. The Morgan fingerprint density at radius 2 is 1.94 bits per heavy atom. The van der Waals surface area contributed by atoms with Crippen molar-refractivity contribution in [3.05, 3.63) is 24.3 Å². The van der Waals surface area contributed by atoms with E-state index in [1.54, 1.807) is 24.3 Å². The molecule has 1 aromatic carbocycles. The molecular weight excluding hydrogens is 224 g/mol. The molecule has 1 atom stereocenters. The van der Waals surface area contributed by atoms with Crippen LogP contribution in [0.2, 0.25) is 0 Å². The van der Waals surface area contributed by atoms with Gasteiger partial charge in [0.25, 0.3) is 0 Å². The summed E-state index contributed by atoms with van der Waals surface area (Å²) >= 11 is 0. The molecule has 0 bridgehead atoms. The molecule has 1 rings (SSSR count). The van der Waals surface area contributed by atoms with Gasteiger partial charge in [-0.25, -0.2) is 0 Å². The minimum atomic E-state index is -1.12. The highest BCUT2D eigenvalue weighted by atomic mass is 32.2. The van der Waals surface area contributed by atoms with Crippen LogP contribution in [-0.4, -0.2) is 21.1 Å². The lowest BCUT2D eigenvalue weighted by Gasteiger charge is -2.07. The van der Waals surface area contributed by atoms with Crippen molar-refractivity contribution < 1.29 is 9.00 Å². The fourth-order valence-corrected chi connectivity index (χ4v) is 1.72. The van der Waals surface area contributed by atoms with Crippen LogP contribution in [-0.2, 0) is 15.6 Å². The lowest BCUT2D eigenvalue weighted by molar-refractivity contribution is -0.113. The molecule has 16 heavy (non-hydrogen) atoms. The highest BCUT2D eigenvalue weighted by molar-refractivity contribution is 7.86. The van der Waals surface area contributed by atoms with E-state index in [0.29, 0.717) is 11.4 Å². The third-order valence-corrected chi connectivity index (χ3v) is 3.59. The average Bonchev–Trinajstić information content (AvgIpc) is 2.21. The molecule has 0 saturated heterocycles. The molecule has 0 aliphatic rings. The fourth-order valence-electron chi connectivity index (χ4n) is 1.06. The Balaban J connectivity index is 2.52. The molecule has 4 nitrogen and oxygen atoms in total. The topological polar surface area (TPSA) is 72.2 Å². The number of hydrogen-bond acceptors (Lipinski definition) is 3. The number of amides is 1. The maximum absolute atomic E-state index is 11.5. The van der Waals surface area contributed by atoms with Crippen molar-refractivity contribution in [2.24, 2.45) is 0 Å². The first-order valence-corrected chi connectivity index (χ1v) is 6.40. The Morgan fingerprint density at radius 3 is 2.44 bits per heavy atom. The summed E-state index contributed by atoms with van der Waals surface area (Å²) < 4.78 is 11.4. The molecule has 0 aliphatic heterocycles. The minimum absolute atomic E-state index is 0.00262. The second-order valence-corrected chi connectivity index (χ2v) is 5.74. The molecule has 5 heteroatoms. The summed E-state index contributed by atoms with van der Waals surface area (Å²) in [6, 6.07) is 6.83. The zero-order chi connectivity index (χ0) is 12.1.